The molecule has 0 atom stereocenters. The summed E-state index contributed by atoms with van der Waals surface area (Å²) in [5.74, 6) is 0. The maximum Gasteiger partial charge on any atom is 0.260 e. The minimum Gasteiger partial charge on any atom is -0.395 e. The van der Waals surface area contributed by atoms with Crippen LogP contribution in [-0.4, -0.2) is 71.8 Å². The number of nitrogens with zero attached hydrogens (tertiary/aromatic N) is 4. The summed E-state index contributed by atoms with van der Waals surface area (Å²) < 4.78 is 27.8. The second-order valence-corrected chi connectivity index (χ2v) is 6.50. The number of aliphatic hydroxyl groups excluding tert-OH is 1. The fraction of sp³-hybridized carbons (Fsp3) is 0.727. The van der Waals surface area contributed by atoms with Crippen LogP contribution in [0.2, 0.25) is 0 Å². The molecule has 19 heavy (non-hydrogen) atoms. The first-order valence-corrected chi connectivity index (χ1v) is 7.81. The van der Waals surface area contributed by atoms with Crippen molar-refractivity contribution in [1.29, 1.82) is 0 Å². The smallest absolute Gasteiger partial charge is 0.260 e. The van der Waals surface area contributed by atoms with E-state index < -0.39 is 10.0 Å². The Morgan fingerprint density at radius 2 is 2.11 bits per heavy atom. The van der Waals surface area contributed by atoms with Crippen LogP contribution in [0.15, 0.2) is 17.3 Å². The zero-order valence-corrected chi connectivity index (χ0v) is 11.9. The molecule has 1 saturated heterocycles. The van der Waals surface area contributed by atoms with E-state index in [4.69, 9.17) is 5.11 Å². The predicted octanol–water partition coefficient (Wildman–Crippen LogP) is -0.891. The van der Waals surface area contributed by atoms with E-state index in [-0.39, 0.29) is 11.6 Å². The van der Waals surface area contributed by atoms with Crippen molar-refractivity contribution in [3.8, 4) is 0 Å². The number of rotatable bonds is 4. The molecule has 7 nitrogen and oxygen atoms in total. The van der Waals surface area contributed by atoms with Gasteiger partial charge in [0.25, 0.3) is 10.0 Å². The van der Waals surface area contributed by atoms with Gasteiger partial charge in [0, 0.05) is 33.2 Å². The van der Waals surface area contributed by atoms with Gasteiger partial charge in [-0.2, -0.15) is 9.40 Å². The lowest BCUT2D eigenvalue weighted by atomic mass is 10.4. The first kappa shape index (κ1) is 14.4. The highest BCUT2D eigenvalue weighted by Crippen LogP contribution is 2.16. The number of hydrogen-bond donors (Lipinski definition) is 1. The predicted molar refractivity (Wildman–Crippen MR) is 70.1 cm³/mol. The molecule has 1 aromatic rings. The van der Waals surface area contributed by atoms with Gasteiger partial charge in [0.15, 0.2) is 5.03 Å². The molecule has 0 aromatic carbocycles. The molecular weight excluding hydrogens is 268 g/mol. The molecule has 1 fully saturated rings. The van der Waals surface area contributed by atoms with E-state index in [1.165, 1.54) is 21.3 Å². The van der Waals surface area contributed by atoms with Crippen LogP contribution in [0, 0.1) is 0 Å². The standard InChI is InChI=1S/C11H20N4O3S/c1-13-11(3-4-12-13)19(17,18)15-6-2-5-14(7-8-15)9-10-16/h3-4,16H,2,5-10H2,1H3. The van der Waals surface area contributed by atoms with Crippen LogP contribution in [0.3, 0.4) is 0 Å². The van der Waals surface area contributed by atoms with Gasteiger partial charge in [0.1, 0.15) is 0 Å². The Morgan fingerprint density at radius 3 is 2.74 bits per heavy atom. The third-order valence-corrected chi connectivity index (χ3v) is 5.32. The second-order valence-electron chi connectivity index (χ2n) is 4.62. The Morgan fingerprint density at radius 1 is 1.32 bits per heavy atom. The van der Waals surface area contributed by atoms with Crippen molar-refractivity contribution in [2.24, 2.45) is 7.05 Å². The van der Waals surface area contributed by atoms with Crippen molar-refractivity contribution < 1.29 is 13.5 Å². The summed E-state index contributed by atoms with van der Waals surface area (Å²) in [5.41, 5.74) is 0. The van der Waals surface area contributed by atoms with Crippen LogP contribution in [-0.2, 0) is 17.1 Å². The number of hydrogen-bond acceptors (Lipinski definition) is 5. The lowest BCUT2D eigenvalue weighted by molar-refractivity contribution is 0.202. The maximum absolute atomic E-state index is 12.5. The Labute approximate surface area is 113 Å². The normalized spacial score (nSPS) is 19.5. The summed E-state index contributed by atoms with van der Waals surface area (Å²) >= 11 is 0. The Balaban J connectivity index is 2.12. The molecule has 0 aliphatic carbocycles. The van der Waals surface area contributed by atoms with Crippen molar-refractivity contribution in [2.75, 3.05) is 39.3 Å². The fourth-order valence-corrected chi connectivity index (χ4v) is 3.87. The minimum absolute atomic E-state index is 0.106. The minimum atomic E-state index is -3.47. The van der Waals surface area contributed by atoms with Gasteiger partial charge >= 0.3 is 0 Å². The third kappa shape index (κ3) is 3.14. The summed E-state index contributed by atoms with van der Waals surface area (Å²) in [7, 11) is -1.84. The van der Waals surface area contributed by atoms with Crippen molar-refractivity contribution in [1.82, 2.24) is 19.0 Å². The number of sulfonamides is 1. The number of aliphatic hydroxyl groups is 1. The highest BCUT2D eigenvalue weighted by Gasteiger charge is 2.28. The van der Waals surface area contributed by atoms with Crippen molar-refractivity contribution in [3.05, 3.63) is 12.3 Å². The monoisotopic (exact) mass is 288 g/mol. The van der Waals surface area contributed by atoms with E-state index in [1.54, 1.807) is 7.05 Å². The zero-order valence-electron chi connectivity index (χ0n) is 11.1. The highest BCUT2D eigenvalue weighted by molar-refractivity contribution is 7.89. The van der Waals surface area contributed by atoms with Gasteiger partial charge < -0.3 is 5.11 Å². The van der Waals surface area contributed by atoms with Gasteiger partial charge in [0.05, 0.1) is 12.8 Å². The summed E-state index contributed by atoms with van der Waals surface area (Å²) in [4.78, 5) is 2.08. The Bertz CT molecular complexity index is 514. The molecule has 108 valence electrons. The molecule has 0 unspecified atom stereocenters. The van der Waals surface area contributed by atoms with Crippen LogP contribution in [0.25, 0.3) is 0 Å². The molecule has 1 aromatic heterocycles. The molecule has 0 amide bonds. The summed E-state index contributed by atoms with van der Waals surface area (Å²) in [6, 6.07) is 1.52. The molecule has 8 heteroatoms. The van der Waals surface area contributed by atoms with Gasteiger partial charge in [0.2, 0.25) is 0 Å². The summed E-state index contributed by atoms with van der Waals surface area (Å²) in [6.07, 6.45) is 2.26. The molecule has 2 rings (SSSR count). The SMILES string of the molecule is Cn1nccc1S(=O)(=O)N1CCCN(CCO)CC1. The first-order valence-electron chi connectivity index (χ1n) is 6.37. The van der Waals surface area contributed by atoms with Gasteiger partial charge in [-0.1, -0.05) is 0 Å². The lowest BCUT2D eigenvalue weighted by Gasteiger charge is -2.21. The van der Waals surface area contributed by atoms with Crippen LogP contribution in [0.1, 0.15) is 6.42 Å². The number of aromatic nitrogens is 2. The molecule has 0 bridgehead atoms. The van der Waals surface area contributed by atoms with Crippen molar-refractivity contribution in [3.63, 3.8) is 0 Å². The summed E-state index contributed by atoms with van der Waals surface area (Å²) in [6.45, 7) is 3.13. The van der Waals surface area contributed by atoms with E-state index in [1.807, 2.05) is 0 Å². The van der Waals surface area contributed by atoms with E-state index in [0.29, 0.717) is 26.2 Å². The molecule has 1 N–H and O–H groups in total. The van der Waals surface area contributed by atoms with Gasteiger partial charge in [-0.15, -0.1) is 0 Å². The van der Waals surface area contributed by atoms with Gasteiger partial charge in [-0.3, -0.25) is 9.58 Å². The molecule has 0 saturated carbocycles. The van der Waals surface area contributed by atoms with Crippen molar-refractivity contribution in [2.45, 2.75) is 11.4 Å². The summed E-state index contributed by atoms with van der Waals surface area (Å²) in [5, 5.41) is 13.1. The highest BCUT2D eigenvalue weighted by atomic mass is 32.2. The molecule has 2 heterocycles. The quantitative estimate of drug-likeness (QED) is 0.777. The van der Waals surface area contributed by atoms with Crippen LogP contribution in [0.4, 0.5) is 0 Å². The Kier molecular flexibility index (Phi) is 4.56. The maximum atomic E-state index is 12.5. The molecule has 1 aliphatic heterocycles. The largest absolute Gasteiger partial charge is 0.395 e. The number of aryl methyl sites for hydroxylation is 1. The molecule has 1 aliphatic rings. The van der Waals surface area contributed by atoms with E-state index in [0.717, 1.165) is 13.0 Å². The van der Waals surface area contributed by atoms with E-state index >= 15 is 0 Å². The third-order valence-electron chi connectivity index (χ3n) is 3.34. The first-order chi connectivity index (χ1) is 9.05. The van der Waals surface area contributed by atoms with Crippen LogP contribution < -0.4 is 0 Å². The molecule has 0 radical (unpaired) electrons. The molecular formula is C11H20N4O3S. The Hall–Kier alpha value is -0.960. The van der Waals surface area contributed by atoms with Crippen molar-refractivity contribution >= 4 is 10.0 Å². The second kappa shape index (κ2) is 6.00. The average Bonchev–Trinajstić information content (AvgIpc) is 2.66. The van der Waals surface area contributed by atoms with E-state index in [9.17, 15) is 8.42 Å². The number of β-amino-alcohol motifs (C(OH)–C–C–N with tert-alkyl or cyclic N) is 1. The van der Waals surface area contributed by atoms with Crippen LogP contribution in [0.5, 0.6) is 0 Å². The molecule has 0 spiro atoms. The zero-order chi connectivity index (χ0) is 13.9. The van der Waals surface area contributed by atoms with E-state index in [2.05, 4.69) is 10.00 Å². The topological polar surface area (TPSA) is 78.7 Å². The van der Waals surface area contributed by atoms with Gasteiger partial charge in [-0.05, 0) is 19.0 Å². The fourth-order valence-electron chi connectivity index (χ4n) is 2.30. The average molecular weight is 288 g/mol. The van der Waals surface area contributed by atoms with Crippen LogP contribution >= 0.6 is 0 Å². The lowest BCUT2D eigenvalue weighted by Crippen LogP contribution is -2.36. The van der Waals surface area contributed by atoms with Gasteiger partial charge in [-0.25, -0.2) is 8.42 Å².